The lowest BCUT2D eigenvalue weighted by atomic mass is 10.0. The Morgan fingerprint density at radius 3 is 2.21 bits per heavy atom. The number of carbonyl (C=O) groups excluding carboxylic acids is 1. The summed E-state index contributed by atoms with van der Waals surface area (Å²) in [4.78, 5) is 47.9. The van der Waals surface area contributed by atoms with Crippen LogP contribution in [0.5, 0.6) is 0 Å². The van der Waals surface area contributed by atoms with Crippen LogP contribution < -0.4 is 20.9 Å². The van der Waals surface area contributed by atoms with Gasteiger partial charge in [0.15, 0.2) is 4.32 Å². The highest BCUT2D eigenvalue weighted by molar-refractivity contribution is 8.27. The Kier molecular flexibility index (Phi) is 9.55. The van der Waals surface area contributed by atoms with E-state index in [1.807, 2.05) is 55.5 Å². The predicted molar refractivity (Wildman–Crippen MR) is 196 cm³/mol. The molecule has 2 aromatic heterocycles. The van der Waals surface area contributed by atoms with Crippen LogP contribution in [0.3, 0.4) is 0 Å². The number of piperazine rings is 1. The number of nitriles is 1. The van der Waals surface area contributed by atoms with Gasteiger partial charge in [-0.25, -0.2) is 4.68 Å². The first-order chi connectivity index (χ1) is 23.2. The van der Waals surface area contributed by atoms with Crippen molar-refractivity contribution in [1.82, 2.24) is 18.8 Å². The van der Waals surface area contributed by atoms with Crippen LogP contribution >= 0.6 is 24.0 Å². The summed E-state index contributed by atoms with van der Waals surface area (Å²) in [7, 11) is 1.77. The van der Waals surface area contributed by atoms with Gasteiger partial charge in [-0.1, -0.05) is 79.4 Å². The number of pyridine rings is 1. The van der Waals surface area contributed by atoms with Gasteiger partial charge in [-0.3, -0.25) is 33.4 Å². The lowest BCUT2D eigenvalue weighted by Gasteiger charge is -2.38. The molecular formula is C36H37N7O3S2. The van der Waals surface area contributed by atoms with Crippen LogP contribution in [0.2, 0.25) is 0 Å². The Balaban J connectivity index is 1.40. The minimum atomic E-state index is -0.416. The van der Waals surface area contributed by atoms with Crippen molar-refractivity contribution in [2.45, 2.75) is 40.3 Å². The van der Waals surface area contributed by atoms with Gasteiger partial charge in [-0.05, 0) is 49.6 Å². The van der Waals surface area contributed by atoms with Crippen molar-refractivity contribution in [3.8, 4) is 11.8 Å². The molecule has 0 saturated carbocycles. The van der Waals surface area contributed by atoms with Gasteiger partial charge in [0.05, 0.1) is 16.3 Å². The number of nitrogens with zero attached hydrogens (tertiary/aromatic N) is 7. The van der Waals surface area contributed by atoms with Gasteiger partial charge in [0, 0.05) is 51.9 Å². The zero-order valence-corrected chi connectivity index (χ0v) is 29.1. The van der Waals surface area contributed by atoms with E-state index in [1.54, 1.807) is 36.2 Å². The van der Waals surface area contributed by atoms with Gasteiger partial charge in [-0.15, -0.1) is 0 Å². The Hall–Kier alpha value is -4.70. The van der Waals surface area contributed by atoms with E-state index in [0.29, 0.717) is 59.3 Å². The van der Waals surface area contributed by atoms with Gasteiger partial charge in [0.1, 0.15) is 23.1 Å². The number of carbonyl (C=O) groups is 1. The van der Waals surface area contributed by atoms with Gasteiger partial charge in [0.2, 0.25) is 0 Å². The first kappa shape index (κ1) is 33.2. The minimum Gasteiger partial charge on any atom is -0.355 e. The number of rotatable bonds is 8. The molecule has 0 aliphatic carbocycles. The highest BCUT2D eigenvalue weighted by atomic mass is 32.2. The lowest BCUT2D eigenvalue weighted by Crippen LogP contribution is -2.48. The molecule has 0 N–H and O–H groups in total. The molecule has 6 rings (SSSR count). The van der Waals surface area contributed by atoms with Gasteiger partial charge < -0.3 is 4.90 Å². The van der Waals surface area contributed by atoms with E-state index >= 15 is 0 Å². The zero-order valence-electron chi connectivity index (χ0n) is 27.5. The summed E-state index contributed by atoms with van der Waals surface area (Å²) in [6, 6.07) is 21.7. The molecule has 2 saturated heterocycles. The van der Waals surface area contributed by atoms with Crippen molar-refractivity contribution in [3.05, 3.63) is 114 Å². The molecule has 0 spiro atoms. The number of amides is 1. The fourth-order valence-corrected chi connectivity index (χ4v) is 7.73. The number of aromatic nitrogens is 3. The maximum atomic E-state index is 14.2. The smallest absolute Gasteiger partial charge is 0.296 e. The highest BCUT2D eigenvalue weighted by Crippen LogP contribution is 2.38. The Bertz CT molecular complexity index is 2080. The second-order valence-corrected chi connectivity index (χ2v) is 13.7. The fraction of sp³-hybridized carbons (Fsp3) is 0.306. The largest absolute Gasteiger partial charge is 0.355 e. The third kappa shape index (κ3) is 5.94. The van der Waals surface area contributed by atoms with Gasteiger partial charge >= 0.3 is 0 Å². The van der Waals surface area contributed by atoms with Crippen LogP contribution in [0, 0.1) is 25.2 Å². The topological polar surface area (TPSA) is 99.5 Å². The van der Waals surface area contributed by atoms with Crippen molar-refractivity contribution in [3.63, 3.8) is 0 Å². The third-order valence-electron chi connectivity index (χ3n) is 9.03. The highest BCUT2D eigenvalue weighted by Gasteiger charge is 2.38. The molecule has 0 radical (unpaired) electrons. The molecule has 0 bridgehead atoms. The maximum Gasteiger partial charge on any atom is 0.296 e. The molecular weight excluding hydrogens is 643 g/mol. The summed E-state index contributed by atoms with van der Waals surface area (Å²) in [6.45, 7) is 9.73. The van der Waals surface area contributed by atoms with E-state index in [9.17, 15) is 19.6 Å². The molecule has 2 aliphatic rings. The molecule has 4 heterocycles. The number of para-hydroxylation sites is 1. The normalized spacial score (nSPS) is 16.3. The first-order valence-electron chi connectivity index (χ1n) is 16.0. The maximum absolute atomic E-state index is 14.2. The molecule has 4 aromatic rings. The average molecular weight is 680 g/mol. The lowest BCUT2D eigenvalue weighted by molar-refractivity contribution is -0.113. The second-order valence-electron chi connectivity index (χ2n) is 12.0. The van der Waals surface area contributed by atoms with Crippen LogP contribution in [0.15, 0.2) is 75.2 Å². The molecule has 0 unspecified atom stereocenters. The van der Waals surface area contributed by atoms with E-state index in [2.05, 4.69) is 28.0 Å². The number of hydrogen-bond acceptors (Lipinski definition) is 8. The summed E-state index contributed by atoms with van der Waals surface area (Å²) >= 11 is 6.84. The Morgan fingerprint density at radius 1 is 0.938 bits per heavy atom. The van der Waals surface area contributed by atoms with Crippen LogP contribution in [0.4, 0.5) is 11.5 Å². The van der Waals surface area contributed by atoms with Crippen LogP contribution in [0.25, 0.3) is 11.8 Å². The first-order valence-corrected chi connectivity index (χ1v) is 17.2. The molecule has 48 heavy (non-hydrogen) atoms. The number of thioether (sulfide) groups is 1. The van der Waals surface area contributed by atoms with E-state index in [0.717, 1.165) is 31.4 Å². The zero-order chi connectivity index (χ0) is 34.1. The molecule has 246 valence electrons. The van der Waals surface area contributed by atoms with Crippen molar-refractivity contribution < 1.29 is 4.79 Å². The van der Waals surface area contributed by atoms with E-state index < -0.39 is 5.91 Å². The molecule has 2 aliphatic heterocycles. The van der Waals surface area contributed by atoms with Crippen molar-refractivity contribution >= 4 is 51.8 Å². The number of anilines is 2. The minimum absolute atomic E-state index is 0.0568. The van der Waals surface area contributed by atoms with Crippen LogP contribution in [0.1, 0.15) is 41.3 Å². The number of hydrogen-bond donors (Lipinski definition) is 0. The van der Waals surface area contributed by atoms with E-state index in [4.69, 9.17) is 12.2 Å². The molecule has 0 atom stereocenters. The molecule has 2 aromatic carbocycles. The average Bonchev–Trinajstić information content (AvgIpc) is 3.48. The fourth-order valence-electron chi connectivity index (χ4n) is 6.48. The van der Waals surface area contributed by atoms with Crippen molar-refractivity contribution in [2.75, 3.05) is 36.0 Å². The Morgan fingerprint density at radius 2 is 1.58 bits per heavy atom. The van der Waals surface area contributed by atoms with E-state index in [1.165, 1.54) is 15.1 Å². The summed E-state index contributed by atoms with van der Waals surface area (Å²) in [5.41, 5.74) is 3.24. The molecule has 10 nitrogen and oxygen atoms in total. The molecule has 1 amide bonds. The Labute approximate surface area is 289 Å². The molecule has 2 fully saturated rings. The summed E-state index contributed by atoms with van der Waals surface area (Å²) < 4.78 is 5.17. The van der Waals surface area contributed by atoms with Crippen molar-refractivity contribution in [2.24, 2.45) is 7.05 Å². The molecule has 12 heteroatoms. The quantitative estimate of drug-likeness (QED) is 0.190. The SMILES string of the molecule is CCCn1c(N2CCN(Cc3ccccc3)CC2)c(/C=C2\SC(=S)N(c3c(C)n(C)n(-c4ccccc4)c3=O)C2=O)c(C)c(C#N)c1=O. The van der Waals surface area contributed by atoms with Crippen molar-refractivity contribution in [1.29, 1.82) is 5.26 Å². The van der Waals surface area contributed by atoms with Crippen LogP contribution in [-0.4, -0.2) is 55.2 Å². The predicted octanol–water partition coefficient (Wildman–Crippen LogP) is 4.96. The summed E-state index contributed by atoms with van der Waals surface area (Å²) in [6.07, 6.45) is 2.44. The van der Waals surface area contributed by atoms with Gasteiger partial charge in [0.25, 0.3) is 17.0 Å². The summed E-state index contributed by atoms with van der Waals surface area (Å²) in [5.74, 6) is 0.283. The monoisotopic (exact) mass is 679 g/mol. The standard InChI is InChI=1S/C36H37N7O3S2/c1-5-16-41-32(40-19-17-39(18-20-40)23-26-12-8-6-9-13-26)28(24(2)29(22-37)33(41)44)21-30-34(45)42(36(47)48-30)31-25(3)38(4)43(35(31)46)27-14-10-7-11-15-27/h6-15,21H,5,16-20,23H2,1-4H3/b30-21-. The third-order valence-corrected chi connectivity index (χ3v) is 10.3. The number of benzene rings is 2. The summed E-state index contributed by atoms with van der Waals surface area (Å²) in [5, 5.41) is 10.1. The van der Waals surface area contributed by atoms with Gasteiger partial charge in [-0.2, -0.15) is 5.26 Å². The second kappa shape index (κ2) is 13.8. The van der Waals surface area contributed by atoms with Crippen LogP contribution in [-0.2, 0) is 24.9 Å². The van der Waals surface area contributed by atoms with E-state index in [-0.39, 0.29) is 26.7 Å². The number of thiocarbonyl (C=S) groups is 1.